The largest absolute Gasteiger partial charge is 0.457 e. The molecule has 1 aliphatic heterocycles. The van der Waals surface area contributed by atoms with Crippen molar-refractivity contribution in [3.8, 4) is 16.9 Å². The molecule has 8 nitrogen and oxygen atoms in total. The quantitative estimate of drug-likeness (QED) is 0.416. The minimum atomic E-state index is -0.309. The van der Waals surface area contributed by atoms with Gasteiger partial charge in [-0.05, 0) is 54.1 Å². The third-order valence-electron chi connectivity index (χ3n) is 6.18. The highest BCUT2D eigenvalue weighted by atomic mass is 19.1. The van der Waals surface area contributed by atoms with Crippen LogP contribution in [0.15, 0.2) is 84.5 Å². The van der Waals surface area contributed by atoms with Gasteiger partial charge < -0.3 is 24.4 Å². The second kappa shape index (κ2) is 9.77. The monoisotopic (exact) mass is 498 g/mol. The maximum Gasteiger partial charge on any atom is 0.269 e. The lowest BCUT2D eigenvalue weighted by molar-refractivity contribution is -0.126. The van der Waals surface area contributed by atoms with Gasteiger partial charge in [0.05, 0.1) is 11.0 Å². The van der Waals surface area contributed by atoms with E-state index in [9.17, 15) is 9.18 Å². The van der Waals surface area contributed by atoms with E-state index < -0.39 is 0 Å². The summed E-state index contributed by atoms with van der Waals surface area (Å²) in [4.78, 5) is 24.6. The number of hydrogen-bond acceptors (Lipinski definition) is 6. The average molecular weight is 499 g/mol. The molecule has 0 aliphatic carbocycles. The molecule has 4 aromatic rings. The van der Waals surface area contributed by atoms with Crippen LogP contribution in [0.5, 0.6) is 5.75 Å². The van der Waals surface area contributed by atoms with E-state index >= 15 is 0 Å². The lowest BCUT2D eigenvalue weighted by Crippen LogP contribution is -2.34. The minimum Gasteiger partial charge on any atom is -0.457 e. The molecule has 0 unspecified atom stereocenters. The summed E-state index contributed by atoms with van der Waals surface area (Å²) in [5.74, 6) is 1.43. The summed E-state index contributed by atoms with van der Waals surface area (Å²) >= 11 is 0. The molecule has 1 amide bonds. The number of carbonyl (C=O) groups is 1. The third-order valence-corrected chi connectivity index (χ3v) is 6.18. The second-order valence-electron chi connectivity index (χ2n) is 9.02. The molecule has 2 aromatic heterocycles. The number of aromatic nitrogens is 3. The molecule has 0 fully saturated rings. The van der Waals surface area contributed by atoms with Crippen LogP contribution in [0.1, 0.15) is 0 Å². The molecule has 5 rings (SSSR count). The summed E-state index contributed by atoms with van der Waals surface area (Å²) in [6.07, 6.45) is 6.95. The van der Waals surface area contributed by atoms with E-state index in [1.54, 1.807) is 61.7 Å². The Kier molecular flexibility index (Phi) is 6.35. The van der Waals surface area contributed by atoms with Gasteiger partial charge in [0.2, 0.25) is 5.95 Å². The number of allylic oxidation sites excluding steroid dienone is 1. The van der Waals surface area contributed by atoms with Gasteiger partial charge in [0, 0.05) is 70.5 Å². The number of benzene rings is 2. The van der Waals surface area contributed by atoms with Gasteiger partial charge in [-0.3, -0.25) is 9.78 Å². The van der Waals surface area contributed by atoms with Crippen LogP contribution in [0, 0.1) is 5.82 Å². The first-order valence-corrected chi connectivity index (χ1v) is 11.8. The van der Waals surface area contributed by atoms with E-state index in [0.29, 0.717) is 40.9 Å². The van der Waals surface area contributed by atoms with E-state index in [0.717, 1.165) is 16.6 Å². The first kappa shape index (κ1) is 24.1. The number of nitrogens with zero attached hydrogens (tertiary/aromatic N) is 5. The number of anilines is 2. The van der Waals surface area contributed by atoms with Crippen LogP contribution < -0.4 is 10.1 Å². The zero-order valence-corrected chi connectivity index (χ0v) is 21.1. The predicted molar refractivity (Wildman–Crippen MR) is 142 cm³/mol. The Morgan fingerprint density at radius 2 is 1.86 bits per heavy atom. The second-order valence-corrected chi connectivity index (χ2v) is 9.02. The number of imidazole rings is 1. The van der Waals surface area contributed by atoms with Crippen molar-refractivity contribution in [2.45, 2.75) is 0 Å². The molecule has 0 spiro atoms. The number of nitrogens with one attached hydrogen (secondary N) is 1. The Morgan fingerprint density at radius 3 is 2.62 bits per heavy atom. The first-order chi connectivity index (χ1) is 17.8. The highest BCUT2D eigenvalue weighted by Crippen LogP contribution is 2.30. The van der Waals surface area contributed by atoms with Crippen molar-refractivity contribution < 1.29 is 13.9 Å². The molecule has 0 saturated carbocycles. The number of rotatable bonds is 6. The van der Waals surface area contributed by atoms with Gasteiger partial charge in [0.1, 0.15) is 23.0 Å². The van der Waals surface area contributed by atoms with E-state index in [4.69, 9.17) is 9.72 Å². The topological polar surface area (TPSA) is 75.5 Å². The molecule has 0 saturated heterocycles. The summed E-state index contributed by atoms with van der Waals surface area (Å²) < 4.78 is 22.5. The zero-order chi connectivity index (χ0) is 26.1. The summed E-state index contributed by atoms with van der Waals surface area (Å²) in [7, 11) is 7.23. The molecule has 9 heteroatoms. The van der Waals surface area contributed by atoms with Gasteiger partial charge in [-0.1, -0.05) is 0 Å². The molecule has 2 aromatic carbocycles. The lowest BCUT2D eigenvalue weighted by atomic mass is 10.1. The molecule has 1 aliphatic rings. The van der Waals surface area contributed by atoms with Gasteiger partial charge in [-0.15, -0.1) is 0 Å². The smallest absolute Gasteiger partial charge is 0.269 e. The fourth-order valence-corrected chi connectivity index (χ4v) is 4.13. The summed E-state index contributed by atoms with van der Waals surface area (Å²) in [6, 6.07) is 14.1. The van der Waals surface area contributed by atoms with Crippen LogP contribution in [-0.4, -0.2) is 57.9 Å². The number of aryl methyl sites for hydroxylation is 1. The molecule has 188 valence electrons. The van der Waals surface area contributed by atoms with E-state index in [2.05, 4.69) is 10.3 Å². The number of carbonyl (C=O) groups excluding carboxylic acids is 1. The molecule has 37 heavy (non-hydrogen) atoms. The molecular formula is C28H27FN6O2. The van der Waals surface area contributed by atoms with Gasteiger partial charge >= 0.3 is 0 Å². The van der Waals surface area contributed by atoms with Gasteiger partial charge in [-0.25, -0.2) is 9.37 Å². The Morgan fingerprint density at radius 1 is 1.08 bits per heavy atom. The number of pyridine rings is 1. The number of halogens is 1. The van der Waals surface area contributed by atoms with Crippen molar-refractivity contribution in [1.82, 2.24) is 24.3 Å². The number of fused-ring (bicyclic) bond motifs is 1. The van der Waals surface area contributed by atoms with Crippen LogP contribution in [-0.2, 0) is 11.8 Å². The van der Waals surface area contributed by atoms with Crippen molar-refractivity contribution in [2.75, 3.05) is 33.0 Å². The highest BCUT2D eigenvalue weighted by molar-refractivity contribution is 5.93. The molecular weight excluding hydrogens is 471 g/mol. The Hall–Kier alpha value is -4.66. The minimum absolute atomic E-state index is 0.0829. The summed E-state index contributed by atoms with van der Waals surface area (Å²) in [6.45, 7) is 0.569. The maximum absolute atomic E-state index is 14.5. The van der Waals surface area contributed by atoms with E-state index in [-0.39, 0.29) is 11.7 Å². The fourth-order valence-electron chi connectivity index (χ4n) is 4.13. The normalized spacial score (nSPS) is 13.3. The maximum atomic E-state index is 14.5. The van der Waals surface area contributed by atoms with Crippen LogP contribution in [0.2, 0.25) is 0 Å². The van der Waals surface area contributed by atoms with E-state index in [1.165, 1.54) is 6.07 Å². The van der Waals surface area contributed by atoms with Crippen molar-refractivity contribution in [1.29, 1.82) is 0 Å². The number of hydrogen-bond donors (Lipinski definition) is 1. The van der Waals surface area contributed by atoms with Crippen molar-refractivity contribution in [3.05, 3.63) is 90.4 Å². The van der Waals surface area contributed by atoms with E-state index in [1.807, 2.05) is 47.8 Å². The average Bonchev–Trinajstić information content (AvgIpc) is 3.20. The molecule has 0 radical (unpaired) electrons. The Bertz CT molecular complexity index is 1540. The van der Waals surface area contributed by atoms with Gasteiger partial charge in [0.25, 0.3) is 5.91 Å². The molecule has 0 atom stereocenters. The Labute approximate surface area is 214 Å². The SMILES string of the molecule is CN(C)C(=O)C1=CC(Oc2ccc3c(c2)nc(Nc2ccc(F)c(-c4ccncc4)c2)n3C)=CCN1C. The molecule has 1 N–H and O–H groups in total. The Balaban J connectivity index is 1.39. The first-order valence-electron chi connectivity index (χ1n) is 11.8. The number of ether oxygens (including phenoxy) is 1. The third kappa shape index (κ3) is 4.88. The van der Waals surface area contributed by atoms with Crippen LogP contribution in [0.4, 0.5) is 16.0 Å². The highest BCUT2D eigenvalue weighted by Gasteiger charge is 2.20. The molecule has 0 bridgehead atoms. The van der Waals surface area contributed by atoms with Crippen molar-refractivity contribution in [2.24, 2.45) is 7.05 Å². The summed E-state index contributed by atoms with van der Waals surface area (Å²) in [5.41, 5.74) is 4.15. The van der Waals surface area contributed by atoms with Crippen molar-refractivity contribution in [3.63, 3.8) is 0 Å². The number of likely N-dealkylation sites (N-methyl/N-ethyl adjacent to an activating group) is 2. The standard InChI is InChI=1S/C28H27FN6O2/c1-33(2)27(36)26-17-21(11-14-34(26)3)37-20-6-8-25-24(16-20)32-28(35(25)4)31-19-5-7-23(29)22(15-19)18-9-12-30-13-10-18/h5-13,15-17H,14H2,1-4H3,(H,31,32). The van der Waals surface area contributed by atoms with Crippen molar-refractivity contribution >= 4 is 28.6 Å². The van der Waals surface area contributed by atoms with Gasteiger partial charge in [-0.2, -0.15) is 0 Å². The molecule has 3 heterocycles. The lowest BCUT2D eigenvalue weighted by Gasteiger charge is -2.26. The number of amides is 1. The van der Waals surface area contributed by atoms with Crippen LogP contribution in [0.3, 0.4) is 0 Å². The fraction of sp³-hybridized carbons (Fsp3) is 0.179. The van der Waals surface area contributed by atoms with Gasteiger partial charge in [0.15, 0.2) is 0 Å². The van der Waals surface area contributed by atoms with Crippen LogP contribution in [0.25, 0.3) is 22.2 Å². The zero-order valence-electron chi connectivity index (χ0n) is 21.1. The van der Waals surface area contributed by atoms with Crippen LogP contribution >= 0.6 is 0 Å². The predicted octanol–water partition coefficient (Wildman–Crippen LogP) is 4.70. The summed E-state index contributed by atoms with van der Waals surface area (Å²) in [5, 5.41) is 3.29.